The number of aryl methyl sites for hydroxylation is 1. The summed E-state index contributed by atoms with van der Waals surface area (Å²) in [6.07, 6.45) is 2.49. The standard InChI is InChI=1S/C10H8ClN3O/c1-7-5-14(13-12-7)10-3-2-9(11)4-8(10)6-15/h2-6H,1H3. The molecule has 0 saturated heterocycles. The lowest BCUT2D eigenvalue weighted by atomic mass is 10.2. The summed E-state index contributed by atoms with van der Waals surface area (Å²) >= 11 is 5.78. The molecular weight excluding hydrogens is 214 g/mol. The van der Waals surface area contributed by atoms with Gasteiger partial charge in [-0.05, 0) is 25.1 Å². The molecule has 2 rings (SSSR count). The van der Waals surface area contributed by atoms with Crippen molar-refractivity contribution in [3.8, 4) is 5.69 Å². The van der Waals surface area contributed by atoms with E-state index >= 15 is 0 Å². The molecule has 4 nitrogen and oxygen atoms in total. The number of rotatable bonds is 2. The average molecular weight is 222 g/mol. The lowest BCUT2D eigenvalue weighted by Gasteiger charge is -2.03. The number of aromatic nitrogens is 3. The van der Waals surface area contributed by atoms with Crippen LogP contribution in [0.25, 0.3) is 5.69 Å². The lowest BCUT2D eigenvalue weighted by Crippen LogP contribution is -1.99. The highest BCUT2D eigenvalue weighted by Gasteiger charge is 2.06. The van der Waals surface area contributed by atoms with E-state index in [-0.39, 0.29) is 0 Å². The third-order valence-electron chi connectivity index (χ3n) is 1.97. The maximum absolute atomic E-state index is 10.8. The zero-order valence-corrected chi connectivity index (χ0v) is 8.77. The molecule has 0 atom stereocenters. The Hall–Kier alpha value is -1.68. The average Bonchev–Trinajstić information content (AvgIpc) is 2.64. The zero-order chi connectivity index (χ0) is 10.8. The molecule has 0 bridgehead atoms. The summed E-state index contributed by atoms with van der Waals surface area (Å²) in [5.74, 6) is 0. The quantitative estimate of drug-likeness (QED) is 0.730. The van der Waals surface area contributed by atoms with Crippen LogP contribution in [0.4, 0.5) is 0 Å². The highest BCUT2D eigenvalue weighted by atomic mass is 35.5. The predicted molar refractivity (Wildman–Crippen MR) is 56.5 cm³/mol. The normalized spacial score (nSPS) is 10.3. The van der Waals surface area contributed by atoms with Crippen molar-refractivity contribution in [3.05, 3.63) is 40.7 Å². The van der Waals surface area contributed by atoms with E-state index in [0.717, 1.165) is 12.0 Å². The summed E-state index contributed by atoms with van der Waals surface area (Å²) in [7, 11) is 0. The maximum Gasteiger partial charge on any atom is 0.152 e. The van der Waals surface area contributed by atoms with Gasteiger partial charge in [-0.1, -0.05) is 16.8 Å². The van der Waals surface area contributed by atoms with Gasteiger partial charge in [-0.3, -0.25) is 4.79 Å². The maximum atomic E-state index is 10.8. The first-order chi connectivity index (χ1) is 7.20. The Morgan fingerprint density at radius 1 is 1.47 bits per heavy atom. The van der Waals surface area contributed by atoms with Gasteiger partial charge < -0.3 is 0 Å². The Morgan fingerprint density at radius 2 is 2.27 bits per heavy atom. The molecule has 2 aromatic rings. The molecule has 15 heavy (non-hydrogen) atoms. The number of benzene rings is 1. The van der Waals surface area contributed by atoms with Crippen molar-refractivity contribution in [2.75, 3.05) is 0 Å². The molecule has 0 saturated carbocycles. The Balaban J connectivity index is 2.57. The van der Waals surface area contributed by atoms with Gasteiger partial charge in [-0.15, -0.1) is 5.10 Å². The van der Waals surface area contributed by atoms with Gasteiger partial charge in [-0.2, -0.15) is 0 Å². The minimum atomic E-state index is 0.493. The van der Waals surface area contributed by atoms with Crippen LogP contribution in [-0.4, -0.2) is 21.3 Å². The van der Waals surface area contributed by atoms with Crippen molar-refractivity contribution in [1.82, 2.24) is 15.0 Å². The first kappa shape index (κ1) is 9.86. The van der Waals surface area contributed by atoms with Crippen LogP contribution < -0.4 is 0 Å². The van der Waals surface area contributed by atoms with Crippen LogP contribution in [0.5, 0.6) is 0 Å². The summed E-state index contributed by atoms with van der Waals surface area (Å²) in [4.78, 5) is 10.8. The summed E-state index contributed by atoms with van der Waals surface area (Å²) in [6, 6.07) is 5.04. The second-order valence-electron chi connectivity index (χ2n) is 3.13. The molecule has 5 heteroatoms. The van der Waals surface area contributed by atoms with Crippen LogP contribution >= 0.6 is 11.6 Å². The van der Waals surface area contributed by atoms with Gasteiger partial charge in [0.15, 0.2) is 6.29 Å². The lowest BCUT2D eigenvalue weighted by molar-refractivity contribution is 0.112. The van der Waals surface area contributed by atoms with Crippen LogP contribution in [0, 0.1) is 6.92 Å². The van der Waals surface area contributed by atoms with Crippen molar-refractivity contribution >= 4 is 17.9 Å². The Labute approximate surface area is 91.5 Å². The molecule has 0 aliphatic rings. The van der Waals surface area contributed by atoms with Crippen LogP contribution in [0.3, 0.4) is 0 Å². The monoisotopic (exact) mass is 221 g/mol. The summed E-state index contributed by atoms with van der Waals surface area (Å²) in [6.45, 7) is 1.83. The number of hydrogen-bond donors (Lipinski definition) is 0. The molecule has 0 unspecified atom stereocenters. The third kappa shape index (κ3) is 1.89. The number of aldehydes is 1. The molecule has 0 aliphatic carbocycles. The van der Waals surface area contributed by atoms with Crippen LogP contribution in [0.1, 0.15) is 16.1 Å². The summed E-state index contributed by atoms with van der Waals surface area (Å²) in [5.41, 5.74) is 1.96. The van der Waals surface area contributed by atoms with E-state index in [9.17, 15) is 4.79 Å². The van der Waals surface area contributed by atoms with E-state index in [1.807, 2.05) is 6.92 Å². The van der Waals surface area contributed by atoms with Crippen molar-refractivity contribution < 1.29 is 4.79 Å². The Bertz CT molecular complexity index is 507. The zero-order valence-electron chi connectivity index (χ0n) is 8.01. The molecule has 0 aliphatic heterocycles. The van der Waals surface area contributed by atoms with E-state index in [2.05, 4.69) is 10.3 Å². The van der Waals surface area contributed by atoms with Crippen molar-refractivity contribution in [3.63, 3.8) is 0 Å². The number of nitrogens with zero attached hydrogens (tertiary/aromatic N) is 3. The van der Waals surface area contributed by atoms with Crippen LogP contribution in [0.2, 0.25) is 5.02 Å². The first-order valence-corrected chi connectivity index (χ1v) is 4.72. The fraction of sp³-hybridized carbons (Fsp3) is 0.100. The molecule has 0 amide bonds. The second-order valence-corrected chi connectivity index (χ2v) is 3.56. The van der Waals surface area contributed by atoms with Gasteiger partial charge in [0.25, 0.3) is 0 Å². The summed E-state index contributed by atoms with van der Waals surface area (Å²) in [5, 5.41) is 8.27. The van der Waals surface area contributed by atoms with E-state index in [0.29, 0.717) is 16.3 Å². The molecule has 0 radical (unpaired) electrons. The largest absolute Gasteiger partial charge is 0.298 e. The van der Waals surface area contributed by atoms with Gasteiger partial charge >= 0.3 is 0 Å². The van der Waals surface area contributed by atoms with Crippen LogP contribution in [-0.2, 0) is 0 Å². The van der Waals surface area contributed by atoms with E-state index in [1.54, 1.807) is 29.1 Å². The number of carbonyl (C=O) groups is 1. The predicted octanol–water partition coefficient (Wildman–Crippen LogP) is 2.04. The highest BCUT2D eigenvalue weighted by molar-refractivity contribution is 6.30. The van der Waals surface area contributed by atoms with Gasteiger partial charge in [0, 0.05) is 10.6 Å². The van der Waals surface area contributed by atoms with Crippen LogP contribution in [0.15, 0.2) is 24.4 Å². The first-order valence-electron chi connectivity index (χ1n) is 4.35. The Kier molecular flexibility index (Phi) is 2.51. The molecular formula is C10H8ClN3O. The third-order valence-corrected chi connectivity index (χ3v) is 2.21. The van der Waals surface area contributed by atoms with E-state index in [1.165, 1.54) is 0 Å². The van der Waals surface area contributed by atoms with Gasteiger partial charge in [0.2, 0.25) is 0 Å². The van der Waals surface area contributed by atoms with Gasteiger partial charge in [0.05, 0.1) is 17.6 Å². The fourth-order valence-electron chi connectivity index (χ4n) is 1.29. The minimum absolute atomic E-state index is 0.493. The SMILES string of the molecule is Cc1cn(-c2ccc(Cl)cc2C=O)nn1. The number of hydrogen-bond acceptors (Lipinski definition) is 3. The molecule has 1 heterocycles. The Morgan fingerprint density at radius 3 is 2.87 bits per heavy atom. The molecule has 1 aromatic heterocycles. The minimum Gasteiger partial charge on any atom is -0.298 e. The molecule has 1 aromatic carbocycles. The number of halogens is 1. The molecule has 0 fully saturated rings. The topological polar surface area (TPSA) is 47.8 Å². The fourth-order valence-corrected chi connectivity index (χ4v) is 1.47. The highest BCUT2D eigenvalue weighted by Crippen LogP contribution is 2.17. The second kappa shape index (κ2) is 3.82. The molecule has 76 valence electrons. The number of carbonyl (C=O) groups excluding carboxylic acids is 1. The molecule has 0 spiro atoms. The van der Waals surface area contributed by atoms with Crippen molar-refractivity contribution in [2.45, 2.75) is 6.92 Å². The van der Waals surface area contributed by atoms with Crippen molar-refractivity contribution in [1.29, 1.82) is 0 Å². The summed E-state index contributed by atoms with van der Waals surface area (Å²) < 4.78 is 1.55. The molecule has 0 N–H and O–H groups in total. The van der Waals surface area contributed by atoms with E-state index < -0.39 is 0 Å². The smallest absolute Gasteiger partial charge is 0.152 e. The van der Waals surface area contributed by atoms with Crippen molar-refractivity contribution in [2.24, 2.45) is 0 Å². The van der Waals surface area contributed by atoms with E-state index in [4.69, 9.17) is 11.6 Å². The van der Waals surface area contributed by atoms with Gasteiger partial charge in [-0.25, -0.2) is 4.68 Å². The van der Waals surface area contributed by atoms with Gasteiger partial charge in [0.1, 0.15) is 0 Å².